The van der Waals surface area contributed by atoms with Gasteiger partial charge in [-0.1, -0.05) is 19.1 Å². The molecule has 1 fully saturated rings. The summed E-state index contributed by atoms with van der Waals surface area (Å²) >= 11 is 0. The molecule has 1 N–H and O–H groups in total. The molecule has 1 aromatic heterocycles. The second kappa shape index (κ2) is 11.2. The van der Waals surface area contributed by atoms with Crippen molar-refractivity contribution in [2.45, 2.75) is 32.4 Å². The molecule has 1 amide bonds. The highest BCUT2D eigenvalue weighted by atomic mass is 16.5. The van der Waals surface area contributed by atoms with Gasteiger partial charge < -0.3 is 29.1 Å². The number of amides is 1. The van der Waals surface area contributed by atoms with Crippen LogP contribution in [0, 0.1) is 0 Å². The molecule has 10 nitrogen and oxygen atoms in total. The molecule has 0 saturated carbocycles. The van der Waals surface area contributed by atoms with Gasteiger partial charge in [-0.05, 0) is 42.7 Å². The number of aromatic nitrogens is 2. The highest BCUT2D eigenvalue weighted by Gasteiger charge is 2.31. The fraction of sp³-hybridized carbons (Fsp3) is 0.379. The maximum absolute atomic E-state index is 12.5. The third kappa shape index (κ3) is 5.08. The Labute approximate surface area is 227 Å². The number of aryl methyl sites for hydroxylation is 1. The number of anilines is 1. The van der Waals surface area contributed by atoms with Gasteiger partial charge in [-0.25, -0.2) is 9.59 Å². The molecule has 5 rings (SSSR count). The van der Waals surface area contributed by atoms with E-state index in [0.717, 1.165) is 46.6 Å². The molecule has 39 heavy (non-hydrogen) atoms. The van der Waals surface area contributed by atoms with Crippen LogP contribution in [0.2, 0.25) is 0 Å². The molecule has 204 valence electrons. The molecule has 1 atom stereocenters. The SMILES string of the molecule is CCc1nn(Cc2ccc(OC)cc2OC)c2c1CCN(c1ccc(C3CN(C(=O)O)CCO3)cc1)C2=C=O. The largest absolute Gasteiger partial charge is 0.497 e. The van der Waals surface area contributed by atoms with Gasteiger partial charge in [0.2, 0.25) is 0 Å². The van der Waals surface area contributed by atoms with Gasteiger partial charge in [0.25, 0.3) is 0 Å². The number of rotatable bonds is 7. The Morgan fingerprint density at radius 1 is 1.15 bits per heavy atom. The minimum atomic E-state index is -0.944. The number of ether oxygens (including phenoxy) is 3. The molecule has 0 spiro atoms. The topological polar surface area (TPSA) is 106 Å². The van der Waals surface area contributed by atoms with Gasteiger partial charge in [-0.3, -0.25) is 4.68 Å². The van der Waals surface area contributed by atoms with Crippen LogP contribution in [0.4, 0.5) is 10.5 Å². The highest BCUT2D eigenvalue weighted by Crippen LogP contribution is 2.36. The van der Waals surface area contributed by atoms with E-state index in [4.69, 9.17) is 19.3 Å². The maximum atomic E-state index is 12.5. The van der Waals surface area contributed by atoms with E-state index in [1.807, 2.05) is 52.0 Å². The Hall–Kier alpha value is -4.27. The minimum Gasteiger partial charge on any atom is -0.497 e. The Balaban J connectivity index is 1.44. The predicted octanol–water partition coefficient (Wildman–Crippen LogP) is 3.80. The number of methoxy groups -OCH3 is 2. The van der Waals surface area contributed by atoms with Gasteiger partial charge in [-0.15, -0.1) is 0 Å². The molecule has 3 aromatic rings. The summed E-state index contributed by atoms with van der Waals surface area (Å²) in [5.74, 6) is 3.58. The number of carbonyl (C=O) groups is 1. The van der Waals surface area contributed by atoms with Gasteiger partial charge in [0.05, 0.1) is 39.6 Å². The number of benzene rings is 2. The summed E-state index contributed by atoms with van der Waals surface area (Å²) in [6.45, 7) is 4.11. The van der Waals surface area contributed by atoms with Gasteiger partial charge >= 0.3 is 6.09 Å². The van der Waals surface area contributed by atoms with Crippen LogP contribution in [-0.2, 0) is 28.9 Å². The number of nitrogens with zero attached hydrogens (tertiary/aromatic N) is 4. The molecule has 2 aliphatic heterocycles. The lowest BCUT2D eigenvalue weighted by Gasteiger charge is -2.32. The van der Waals surface area contributed by atoms with E-state index in [-0.39, 0.29) is 12.6 Å². The van der Waals surface area contributed by atoms with Crippen LogP contribution in [0.25, 0.3) is 5.70 Å². The molecule has 0 aliphatic carbocycles. The summed E-state index contributed by atoms with van der Waals surface area (Å²) in [6.07, 6.45) is 0.223. The second-order valence-corrected chi connectivity index (χ2v) is 9.49. The van der Waals surface area contributed by atoms with Crippen molar-refractivity contribution in [3.05, 3.63) is 70.5 Å². The summed E-state index contributed by atoms with van der Waals surface area (Å²) < 4.78 is 18.6. The Bertz CT molecular complexity index is 1410. The van der Waals surface area contributed by atoms with Gasteiger partial charge in [0.15, 0.2) is 11.6 Å². The number of hydrogen-bond acceptors (Lipinski definition) is 7. The molecular weight excluding hydrogens is 500 g/mol. The average molecular weight is 533 g/mol. The third-order valence-corrected chi connectivity index (χ3v) is 7.37. The number of carboxylic acid groups (broad SMARTS) is 1. The lowest BCUT2D eigenvalue weighted by atomic mass is 9.99. The first-order valence-electron chi connectivity index (χ1n) is 13.0. The zero-order chi connectivity index (χ0) is 27.5. The van der Waals surface area contributed by atoms with E-state index in [0.29, 0.717) is 43.4 Å². The zero-order valence-electron chi connectivity index (χ0n) is 22.3. The molecular formula is C29H32N4O6. The van der Waals surface area contributed by atoms with E-state index in [2.05, 4.69) is 12.9 Å². The molecule has 0 radical (unpaired) electrons. The molecule has 2 aliphatic rings. The summed E-state index contributed by atoms with van der Waals surface area (Å²) in [7, 11) is 3.23. The van der Waals surface area contributed by atoms with Crippen LogP contribution in [-0.4, -0.2) is 72.3 Å². The second-order valence-electron chi connectivity index (χ2n) is 9.49. The van der Waals surface area contributed by atoms with Gasteiger partial charge in [0.1, 0.15) is 23.3 Å². The summed E-state index contributed by atoms with van der Waals surface area (Å²) in [6, 6.07) is 13.4. The lowest BCUT2D eigenvalue weighted by Crippen LogP contribution is -2.41. The molecule has 1 saturated heterocycles. The van der Waals surface area contributed by atoms with Crippen molar-refractivity contribution in [2.24, 2.45) is 0 Å². The van der Waals surface area contributed by atoms with Crippen molar-refractivity contribution in [1.29, 1.82) is 0 Å². The third-order valence-electron chi connectivity index (χ3n) is 7.37. The van der Waals surface area contributed by atoms with Crippen LogP contribution in [0.5, 0.6) is 11.5 Å². The number of morpholine rings is 1. The number of hydrogen-bond donors (Lipinski definition) is 1. The zero-order valence-corrected chi connectivity index (χ0v) is 22.3. The van der Waals surface area contributed by atoms with Crippen LogP contribution < -0.4 is 14.4 Å². The molecule has 10 heteroatoms. The Morgan fingerprint density at radius 2 is 1.95 bits per heavy atom. The fourth-order valence-electron chi connectivity index (χ4n) is 5.34. The first kappa shape index (κ1) is 26.3. The van der Waals surface area contributed by atoms with Crippen molar-refractivity contribution >= 4 is 23.4 Å². The van der Waals surface area contributed by atoms with Crippen LogP contribution >= 0.6 is 0 Å². The van der Waals surface area contributed by atoms with Gasteiger partial charge in [-0.2, -0.15) is 5.10 Å². The normalized spacial score (nSPS) is 17.0. The monoisotopic (exact) mass is 532 g/mol. The highest BCUT2D eigenvalue weighted by molar-refractivity contribution is 5.96. The van der Waals surface area contributed by atoms with E-state index in [1.54, 1.807) is 14.2 Å². The first-order chi connectivity index (χ1) is 19.0. The summed E-state index contributed by atoms with van der Waals surface area (Å²) in [4.78, 5) is 27.2. The van der Waals surface area contributed by atoms with E-state index >= 15 is 0 Å². The molecule has 0 bridgehead atoms. The van der Waals surface area contributed by atoms with Crippen molar-refractivity contribution in [1.82, 2.24) is 14.7 Å². The Kier molecular flexibility index (Phi) is 7.58. The van der Waals surface area contributed by atoms with Gasteiger partial charge in [0, 0.05) is 36.0 Å². The van der Waals surface area contributed by atoms with E-state index in [9.17, 15) is 14.7 Å². The summed E-state index contributed by atoms with van der Waals surface area (Å²) in [5.41, 5.74) is 5.90. The Morgan fingerprint density at radius 3 is 2.62 bits per heavy atom. The standard InChI is InChI=1S/C29H32N4O6/c1-4-24-23-11-12-32(21-8-5-19(6-9-21)27-17-31(29(35)36)13-14-39-27)25(18-34)28(23)33(30-24)16-20-7-10-22(37-2)15-26(20)38-3/h5-10,15,27H,4,11-14,16-17H2,1-3H3,(H,35,36). The van der Waals surface area contributed by atoms with Crippen molar-refractivity contribution in [2.75, 3.05) is 45.4 Å². The number of fused-ring (bicyclic) bond motifs is 1. The smallest absolute Gasteiger partial charge is 0.407 e. The number of carbonyl (C=O) groups excluding carboxylic acids is 1. The maximum Gasteiger partial charge on any atom is 0.407 e. The van der Waals surface area contributed by atoms with E-state index in [1.165, 1.54) is 4.90 Å². The molecule has 1 unspecified atom stereocenters. The predicted molar refractivity (Wildman–Crippen MR) is 145 cm³/mol. The lowest BCUT2D eigenvalue weighted by molar-refractivity contribution is -0.0231. The van der Waals surface area contributed by atoms with Crippen LogP contribution in [0.1, 0.15) is 41.1 Å². The summed E-state index contributed by atoms with van der Waals surface area (Å²) in [5, 5.41) is 14.2. The average Bonchev–Trinajstić information content (AvgIpc) is 3.34. The molecule has 2 aromatic carbocycles. The van der Waals surface area contributed by atoms with Crippen molar-refractivity contribution in [3.63, 3.8) is 0 Å². The minimum absolute atomic E-state index is 0.287. The van der Waals surface area contributed by atoms with Crippen molar-refractivity contribution < 1.29 is 28.9 Å². The fourth-order valence-corrected chi connectivity index (χ4v) is 5.34. The molecule has 3 heterocycles. The van der Waals surface area contributed by atoms with Crippen LogP contribution in [0.3, 0.4) is 0 Å². The van der Waals surface area contributed by atoms with Crippen LogP contribution in [0.15, 0.2) is 42.5 Å². The first-order valence-corrected chi connectivity index (χ1v) is 13.0. The van der Waals surface area contributed by atoms with E-state index < -0.39 is 6.09 Å². The quantitative estimate of drug-likeness (QED) is 0.458. The van der Waals surface area contributed by atoms with Crippen molar-refractivity contribution in [3.8, 4) is 11.5 Å².